The molecule has 0 spiro atoms. The van der Waals surface area contributed by atoms with Crippen LogP contribution in [0.4, 0.5) is 0 Å². The van der Waals surface area contributed by atoms with Crippen LogP contribution in [0.25, 0.3) is 0 Å². The normalized spacial score (nSPS) is 12.4. The Morgan fingerprint density at radius 3 is 2.13 bits per heavy atom. The predicted molar refractivity (Wildman–Crippen MR) is 64.2 cm³/mol. The lowest BCUT2D eigenvalue weighted by Gasteiger charge is -2.17. The molecule has 0 aliphatic heterocycles. The van der Waals surface area contributed by atoms with Crippen molar-refractivity contribution in [1.29, 1.82) is 0 Å². The number of hydrogen-bond donors (Lipinski definition) is 1. The zero-order chi connectivity index (χ0) is 11.7. The Hall–Kier alpha value is -0.120. The van der Waals surface area contributed by atoms with Crippen LogP contribution < -0.4 is 5.32 Å². The van der Waals surface area contributed by atoms with Crippen LogP contribution in [0.2, 0.25) is 0 Å². The fourth-order valence-corrected chi connectivity index (χ4v) is 1.02. The molecule has 0 aromatic rings. The lowest BCUT2D eigenvalue weighted by atomic mass is 9.99. The van der Waals surface area contributed by atoms with Crippen molar-refractivity contribution in [2.75, 3.05) is 33.0 Å². The van der Waals surface area contributed by atoms with E-state index >= 15 is 0 Å². The highest BCUT2D eigenvalue weighted by atomic mass is 16.5. The summed E-state index contributed by atoms with van der Waals surface area (Å²) in [4.78, 5) is 0. The van der Waals surface area contributed by atoms with Gasteiger partial charge in [-0.3, -0.25) is 0 Å². The largest absolute Gasteiger partial charge is 0.379 e. The third-order valence-corrected chi connectivity index (χ3v) is 1.71. The molecular weight excluding hydrogens is 190 g/mol. The summed E-state index contributed by atoms with van der Waals surface area (Å²) in [6.45, 7) is 14.6. The zero-order valence-electron chi connectivity index (χ0n) is 10.9. The van der Waals surface area contributed by atoms with E-state index in [9.17, 15) is 0 Å². The Morgan fingerprint density at radius 2 is 1.60 bits per heavy atom. The van der Waals surface area contributed by atoms with E-state index in [0.717, 1.165) is 19.8 Å². The molecule has 0 unspecified atom stereocenters. The first-order valence-electron chi connectivity index (χ1n) is 5.81. The van der Waals surface area contributed by atoms with Crippen molar-refractivity contribution in [1.82, 2.24) is 5.32 Å². The monoisotopic (exact) mass is 217 g/mol. The minimum atomic E-state index is 0.249. The van der Waals surface area contributed by atoms with E-state index in [1.807, 2.05) is 0 Å². The maximum atomic E-state index is 5.48. The second-order valence-electron chi connectivity index (χ2n) is 5.33. The van der Waals surface area contributed by atoms with E-state index in [4.69, 9.17) is 9.47 Å². The van der Waals surface area contributed by atoms with Gasteiger partial charge in [0.15, 0.2) is 0 Å². The smallest absolute Gasteiger partial charge is 0.0701 e. The molecule has 0 aliphatic carbocycles. The third kappa shape index (κ3) is 13.9. The van der Waals surface area contributed by atoms with Crippen molar-refractivity contribution in [2.24, 2.45) is 5.41 Å². The molecule has 0 radical (unpaired) electrons. The quantitative estimate of drug-likeness (QED) is 0.631. The van der Waals surface area contributed by atoms with E-state index < -0.39 is 0 Å². The van der Waals surface area contributed by atoms with Crippen LogP contribution in [0.1, 0.15) is 34.6 Å². The van der Waals surface area contributed by atoms with Gasteiger partial charge in [0.25, 0.3) is 0 Å². The topological polar surface area (TPSA) is 30.5 Å². The van der Waals surface area contributed by atoms with Crippen LogP contribution in [0.3, 0.4) is 0 Å². The Morgan fingerprint density at radius 1 is 1.00 bits per heavy atom. The highest BCUT2D eigenvalue weighted by Crippen LogP contribution is 2.12. The first-order valence-corrected chi connectivity index (χ1v) is 5.81. The number of ether oxygens (including phenoxy) is 2. The van der Waals surface area contributed by atoms with E-state index in [0.29, 0.717) is 19.3 Å². The molecule has 92 valence electrons. The number of rotatable bonds is 8. The Bertz CT molecular complexity index is 141. The van der Waals surface area contributed by atoms with Crippen LogP contribution >= 0.6 is 0 Å². The average molecular weight is 217 g/mol. The van der Waals surface area contributed by atoms with Crippen molar-refractivity contribution in [3.05, 3.63) is 0 Å². The molecule has 0 heterocycles. The molecule has 0 aliphatic rings. The molecule has 0 aromatic carbocycles. The minimum absolute atomic E-state index is 0.249. The van der Waals surface area contributed by atoms with Crippen molar-refractivity contribution in [2.45, 2.75) is 40.7 Å². The number of nitrogens with one attached hydrogen (secondary N) is 1. The summed E-state index contributed by atoms with van der Waals surface area (Å²) in [6, 6.07) is 0.533. The van der Waals surface area contributed by atoms with Gasteiger partial charge in [0, 0.05) is 12.6 Å². The molecule has 3 nitrogen and oxygen atoms in total. The van der Waals surface area contributed by atoms with Gasteiger partial charge in [0.1, 0.15) is 0 Å². The third-order valence-electron chi connectivity index (χ3n) is 1.71. The van der Waals surface area contributed by atoms with Crippen LogP contribution in [-0.4, -0.2) is 39.0 Å². The van der Waals surface area contributed by atoms with E-state index in [2.05, 4.69) is 39.9 Å². The summed E-state index contributed by atoms with van der Waals surface area (Å²) in [7, 11) is 0. The molecule has 0 saturated carbocycles. The second-order valence-corrected chi connectivity index (χ2v) is 5.33. The lowest BCUT2D eigenvalue weighted by molar-refractivity contribution is 0.0200. The highest BCUT2D eigenvalue weighted by molar-refractivity contribution is 4.58. The molecule has 0 fully saturated rings. The van der Waals surface area contributed by atoms with Gasteiger partial charge in [0.05, 0.1) is 26.4 Å². The van der Waals surface area contributed by atoms with Crippen LogP contribution in [0.15, 0.2) is 0 Å². The first kappa shape index (κ1) is 14.9. The summed E-state index contributed by atoms with van der Waals surface area (Å²) in [5.41, 5.74) is 0.249. The maximum absolute atomic E-state index is 5.48. The minimum Gasteiger partial charge on any atom is -0.379 e. The summed E-state index contributed by atoms with van der Waals surface area (Å²) < 4.78 is 10.9. The van der Waals surface area contributed by atoms with Crippen molar-refractivity contribution < 1.29 is 9.47 Å². The van der Waals surface area contributed by atoms with Crippen molar-refractivity contribution in [3.8, 4) is 0 Å². The SMILES string of the molecule is CC(C)NCCOCCOCC(C)(C)C. The van der Waals surface area contributed by atoms with Gasteiger partial charge >= 0.3 is 0 Å². The summed E-state index contributed by atoms with van der Waals surface area (Å²) in [5, 5.41) is 3.29. The van der Waals surface area contributed by atoms with Gasteiger partial charge in [-0.05, 0) is 5.41 Å². The van der Waals surface area contributed by atoms with Gasteiger partial charge in [-0.25, -0.2) is 0 Å². The summed E-state index contributed by atoms with van der Waals surface area (Å²) in [5.74, 6) is 0. The second kappa shape index (κ2) is 8.08. The fourth-order valence-electron chi connectivity index (χ4n) is 1.02. The van der Waals surface area contributed by atoms with Gasteiger partial charge in [-0.2, -0.15) is 0 Å². The Balaban J connectivity index is 3.06. The number of hydrogen-bond acceptors (Lipinski definition) is 3. The van der Waals surface area contributed by atoms with Crippen molar-refractivity contribution >= 4 is 0 Å². The zero-order valence-corrected chi connectivity index (χ0v) is 10.9. The molecule has 15 heavy (non-hydrogen) atoms. The lowest BCUT2D eigenvalue weighted by Crippen LogP contribution is -2.27. The highest BCUT2D eigenvalue weighted by Gasteiger charge is 2.09. The van der Waals surface area contributed by atoms with Gasteiger partial charge in [-0.1, -0.05) is 34.6 Å². The molecular formula is C12H27NO2. The molecule has 0 rings (SSSR count). The summed E-state index contributed by atoms with van der Waals surface area (Å²) in [6.07, 6.45) is 0. The van der Waals surface area contributed by atoms with Gasteiger partial charge in [0.2, 0.25) is 0 Å². The molecule has 0 amide bonds. The molecule has 3 heteroatoms. The Kier molecular flexibility index (Phi) is 8.02. The molecule has 0 bridgehead atoms. The standard InChI is InChI=1S/C12H27NO2/c1-11(2)13-6-7-14-8-9-15-10-12(3,4)5/h11,13H,6-10H2,1-5H3. The van der Waals surface area contributed by atoms with Crippen LogP contribution in [0.5, 0.6) is 0 Å². The maximum Gasteiger partial charge on any atom is 0.0701 e. The molecule has 0 aromatic heterocycles. The van der Waals surface area contributed by atoms with Crippen molar-refractivity contribution in [3.63, 3.8) is 0 Å². The van der Waals surface area contributed by atoms with Gasteiger partial charge < -0.3 is 14.8 Å². The average Bonchev–Trinajstić information content (AvgIpc) is 2.07. The Labute approximate surface area is 94.5 Å². The van der Waals surface area contributed by atoms with E-state index in [-0.39, 0.29) is 5.41 Å². The van der Waals surface area contributed by atoms with E-state index in [1.165, 1.54) is 0 Å². The summed E-state index contributed by atoms with van der Waals surface area (Å²) >= 11 is 0. The van der Waals surface area contributed by atoms with Gasteiger partial charge in [-0.15, -0.1) is 0 Å². The first-order chi connectivity index (χ1) is 6.92. The fraction of sp³-hybridized carbons (Fsp3) is 1.00. The molecule has 1 N–H and O–H groups in total. The van der Waals surface area contributed by atoms with Crippen LogP contribution in [-0.2, 0) is 9.47 Å². The van der Waals surface area contributed by atoms with Crippen LogP contribution in [0, 0.1) is 5.41 Å². The molecule has 0 atom stereocenters. The predicted octanol–water partition coefficient (Wildman–Crippen LogP) is 2.06. The molecule has 0 saturated heterocycles. The van der Waals surface area contributed by atoms with E-state index in [1.54, 1.807) is 0 Å².